The van der Waals surface area contributed by atoms with Gasteiger partial charge in [-0.25, -0.2) is 4.39 Å². The van der Waals surface area contributed by atoms with Gasteiger partial charge in [0.2, 0.25) is 0 Å². The highest BCUT2D eigenvalue weighted by molar-refractivity contribution is 6.00. The van der Waals surface area contributed by atoms with Crippen LogP contribution in [0.15, 0.2) is 18.2 Å². The van der Waals surface area contributed by atoms with Crippen LogP contribution in [0.3, 0.4) is 0 Å². The molecule has 0 aromatic heterocycles. The molecule has 1 aromatic rings. The molecule has 0 saturated heterocycles. The maximum atomic E-state index is 13.5. The van der Waals surface area contributed by atoms with Gasteiger partial charge in [-0.15, -0.1) is 0 Å². The van der Waals surface area contributed by atoms with E-state index in [1.165, 1.54) is 6.07 Å². The monoisotopic (exact) mass is 208 g/mol. The highest BCUT2D eigenvalue weighted by Gasteiger charge is 2.28. The summed E-state index contributed by atoms with van der Waals surface area (Å²) in [6.07, 6.45) is 0.708. The van der Waals surface area contributed by atoms with E-state index in [1.54, 1.807) is 12.1 Å². The fraction of sp³-hybridized carbons (Fsp3) is 0.462. The molecule has 0 aliphatic rings. The zero-order valence-corrected chi connectivity index (χ0v) is 9.73. The quantitative estimate of drug-likeness (QED) is 0.691. The van der Waals surface area contributed by atoms with Crippen molar-refractivity contribution in [2.45, 2.75) is 34.1 Å². The van der Waals surface area contributed by atoms with Gasteiger partial charge in [0.15, 0.2) is 5.78 Å². The van der Waals surface area contributed by atoms with Crippen molar-refractivity contribution in [3.05, 3.63) is 35.1 Å². The number of Topliss-reactive ketones (excluding diaryl/α,β-unsaturated/α-hetero) is 1. The van der Waals surface area contributed by atoms with Gasteiger partial charge in [0.25, 0.3) is 0 Å². The molecule has 1 aromatic carbocycles. The molecule has 0 N–H and O–H groups in total. The van der Waals surface area contributed by atoms with Gasteiger partial charge in [0, 0.05) is 5.41 Å². The van der Waals surface area contributed by atoms with Crippen molar-refractivity contribution in [2.24, 2.45) is 5.41 Å². The SMILES string of the molecule is CCC(C)(C)C(=O)c1cc(C)ccc1F. The first-order chi connectivity index (χ1) is 6.88. The van der Waals surface area contributed by atoms with Crippen LogP contribution >= 0.6 is 0 Å². The third-order valence-corrected chi connectivity index (χ3v) is 2.87. The lowest BCUT2D eigenvalue weighted by Crippen LogP contribution is -2.24. The van der Waals surface area contributed by atoms with E-state index in [1.807, 2.05) is 27.7 Å². The first-order valence-corrected chi connectivity index (χ1v) is 5.19. The van der Waals surface area contributed by atoms with Gasteiger partial charge in [-0.05, 0) is 25.5 Å². The van der Waals surface area contributed by atoms with Crippen LogP contribution < -0.4 is 0 Å². The van der Waals surface area contributed by atoms with Gasteiger partial charge in [-0.1, -0.05) is 32.4 Å². The van der Waals surface area contributed by atoms with E-state index in [2.05, 4.69) is 0 Å². The van der Waals surface area contributed by atoms with Crippen molar-refractivity contribution in [2.75, 3.05) is 0 Å². The molecule has 0 bridgehead atoms. The number of aryl methyl sites for hydroxylation is 1. The fourth-order valence-electron chi connectivity index (χ4n) is 1.34. The van der Waals surface area contributed by atoms with E-state index in [9.17, 15) is 9.18 Å². The Bertz CT molecular complexity index is 380. The number of carbonyl (C=O) groups excluding carboxylic acids is 1. The molecular formula is C13H17FO. The number of halogens is 1. The minimum atomic E-state index is -0.491. The molecule has 0 heterocycles. The van der Waals surface area contributed by atoms with E-state index in [4.69, 9.17) is 0 Å². The average molecular weight is 208 g/mol. The summed E-state index contributed by atoms with van der Waals surface area (Å²) >= 11 is 0. The number of rotatable bonds is 3. The summed E-state index contributed by atoms with van der Waals surface area (Å²) in [6.45, 7) is 7.48. The minimum absolute atomic E-state index is 0.119. The summed E-state index contributed by atoms with van der Waals surface area (Å²) in [5.74, 6) is -0.543. The highest BCUT2D eigenvalue weighted by Crippen LogP contribution is 2.27. The summed E-state index contributed by atoms with van der Waals surface area (Å²) in [5, 5.41) is 0. The van der Waals surface area contributed by atoms with E-state index < -0.39 is 11.2 Å². The molecule has 0 amide bonds. The van der Waals surface area contributed by atoms with Gasteiger partial charge < -0.3 is 0 Å². The maximum Gasteiger partial charge on any atom is 0.171 e. The van der Waals surface area contributed by atoms with Crippen LogP contribution in [0.25, 0.3) is 0 Å². The Balaban J connectivity index is 3.17. The Morgan fingerprint density at radius 2 is 2.00 bits per heavy atom. The molecule has 0 atom stereocenters. The van der Waals surface area contributed by atoms with Crippen LogP contribution in [-0.2, 0) is 0 Å². The molecule has 0 fully saturated rings. The van der Waals surface area contributed by atoms with Gasteiger partial charge in [0.1, 0.15) is 5.82 Å². The van der Waals surface area contributed by atoms with Gasteiger partial charge in [-0.2, -0.15) is 0 Å². The van der Waals surface area contributed by atoms with Gasteiger partial charge in [0.05, 0.1) is 5.56 Å². The first kappa shape index (κ1) is 11.9. The van der Waals surface area contributed by atoms with Crippen LogP contribution in [0, 0.1) is 18.2 Å². The van der Waals surface area contributed by atoms with E-state index in [-0.39, 0.29) is 11.3 Å². The summed E-state index contributed by atoms with van der Waals surface area (Å²) in [6, 6.07) is 4.65. The van der Waals surface area contributed by atoms with E-state index in [0.717, 1.165) is 5.56 Å². The zero-order chi connectivity index (χ0) is 11.6. The van der Waals surface area contributed by atoms with Crippen LogP contribution in [-0.4, -0.2) is 5.78 Å². The second-order valence-electron chi connectivity index (χ2n) is 4.55. The third-order valence-electron chi connectivity index (χ3n) is 2.87. The lowest BCUT2D eigenvalue weighted by Gasteiger charge is -2.21. The van der Waals surface area contributed by atoms with Crippen LogP contribution in [0.1, 0.15) is 43.1 Å². The van der Waals surface area contributed by atoms with Crippen molar-refractivity contribution in [3.8, 4) is 0 Å². The van der Waals surface area contributed by atoms with Crippen LogP contribution in [0.5, 0.6) is 0 Å². The lowest BCUT2D eigenvalue weighted by molar-refractivity contribution is 0.0828. The van der Waals surface area contributed by atoms with Crippen molar-refractivity contribution in [1.82, 2.24) is 0 Å². The molecule has 82 valence electrons. The van der Waals surface area contributed by atoms with Crippen LogP contribution in [0.2, 0.25) is 0 Å². The number of hydrogen-bond acceptors (Lipinski definition) is 1. The Labute approximate surface area is 90.3 Å². The van der Waals surface area contributed by atoms with Gasteiger partial charge >= 0.3 is 0 Å². The fourth-order valence-corrected chi connectivity index (χ4v) is 1.34. The molecular weight excluding hydrogens is 191 g/mol. The molecule has 0 aliphatic carbocycles. The van der Waals surface area contributed by atoms with Crippen LogP contribution in [0.4, 0.5) is 4.39 Å². The predicted molar refractivity (Wildman–Crippen MR) is 59.5 cm³/mol. The number of benzene rings is 1. The molecule has 2 heteroatoms. The Morgan fingerprint density at radius 1 is 1.40 bits per heavy atom. The first-order valence-electron chi connectivity index (χ1n) is 5.19. The summed E-state index contributed by atoms with van der Waals surface area (Å²) in [5.41, 5.74) is 0.628. The lowest BCUT2D eigenvalue weighted by atomic mass is 9.81. The maximum absolute atomic E-state index is 13.5. The van der Waals surface area contributed by atoms with E-state index in [0.29, 0.717) is 6.42 Å². The number of hydrogen-bond donors (Lipinski definition) is 0. The van der Waals surface area contributed by atoms with E-state index >= 15 is 0 Å². The third kappa shape index (κ3) is 2.44. The molecule has 15 heavy (non-hydrogen) atoms. The molecule has 0 radical (unpaired) electrons. The molecule has 0 spiro atoms. The Hall–Kier alpha value is -1.18. The molecule has 0 aliphatic heterocycles. The topological polar surface area (TPSA) is 17.1 Å². The van der Waals surface area contributed by atoms with Crippen molar-refractivity contribution in [1.29, 1.82) is 0 Å². The molecule has 0 saturated carbocycles. The highest BCUT2D eigenvalue weighted by atomic mass is 19.1. The Morgan fingerprint density at radius 3 is 2.53 bits per heavy atom. The summed E-state index contributed by atoms with van der Waals surface area (Å²) in [4.78, 5) is 12.0. The van der Waals surface area contributed by atoms with Crippen molar-refractivity contribution in [3.63, 3.8) is 0 Å². The number of ketones is 1. The Kier molecular flexibility index (Phi) is 3.28. The second kappa shape index (κ2) is 4.13. The smallest absolute Gasteiger partial charge is 0.171 e. The predicted octanol–water partition coefficient (Wildman–Crippen LogP) is 3.75. The van der Waals surface area contributed by atoms with Crippen molar-refractivity contribution >= 4 is 5.78 Å². The largest absolute Gasteiger partial charge is 0.293 e. The zero-order valence-electron chi connectivity index (χ0n) is 9.73. The standard InChI is InChI=1S/C13H17FO/c1-5-13(3,4)12(15)10-8-9(2)6-7-11(10)14/h6-8H,5H2,1-4H3. The average Bonchev–Trinajstić information content (AvgIpc) is 2.20. The normalized spacial score (nSPS) is 11.5. The number of carbonyl (C=O) groups is 1. The van der Waals surface area contributed by atoms with Gasteiger partial charge in [-0.3, -0.25) is 4.79 Å². The second-order valence-corrected chi connectivity index (χ2v) is 4.55. The summed E-state index contributed by atoms with van der Waals surface area (Å²) in [7, 11) is 0. The van der Waals surface area contributed by atoms with Crippen molar-refractivity contribution < 1.29 is 9.18 Å². The molecule has 1 nitrogen and oxygen atoms in total. The summed E-state index contributed by atoms with van der Waals surface area (Å²) < 4.78 is 13.5. The molecule has 0 unspecified atom stereocenters. The minimum Gasteiger partial charge on any atom is -0.293 e. The molecule has 1 rings (SSSR count).